The van der Waals surface area contributed by atoms with Crippen molar-refractivity contribution in [2.75, 3.05) is 11.9 Å². The van der Waals surface area contributed by atoms with Crippen molar-refractivity contribution in [3.8, 4) is 0 Å². The number of aliphatic carboxylic acids is 1. The maximum absolute atomic E-state index is 13.3. The highest BCUT2D eigenvalue weighted by Crippen LogP contribution is 2.22. The number of anilines is 1. The minimum atomic E-state index is -0.920. The van der Waals surface area contributed by atoms with Crippen LogP contribution >= 0.6 is 0 Å². The molecule has 1 aromatic rings. The van der Waals surface area contributed by atoms with Crippen LogP contribution in [0.25, 0.3) is 0 Å². The second-order valence-electron chi connectivity index (χ2n) is 5.03. The van der Waals surface area contributed by atoms with Crippen LogP contribution < -0.4 is 5.32 Å². The van der Waals surface area contributed by atoms with Crippen LogP contribution in [0.3, 0.4) is 0 Å². The molecular weight excluding hydrogens is 263 g/mol. The molecule has 2 rings (SSSR count). The van der Waals surface area contributed by atoms with Gasteiger partial charge in [0.25, 0.3) is 0 Å². The number of halogens is 1. The summed E-state index contributed by atoms with van der Waals surface area (Å²) in [4.78, 5) is 24.4. The molecule has 6 heteroatoms. The van der Waals surface area contributed by atoms with Gasteiger partial charge in [0.05, 0.1) is 6.42 Å². The molecule has 0 radical (unpaired) electrons. The van der Waals surface area contributed by atoms with Crippen LogP contribution in [-0.2, 0) is 4.79 Å². The monoisotopic (exact) mass is 280 g/mol. The van der Waals surface area contributed by atoms with Crippen molar-refractivity contribution in [1.29, 1.82) is 0 Å². The number of nitrogens with zero attached hydrogens (tertiary/aromatic N) is 1. The van der Waals surface area contributed by atoms with E-state index in [4.69, 9.17) is 5.11 Å². The van der Waals surface area contributed by atoms with Gasteiger partial charge in [0.2, 0.25) is 0 Å². The number of carbonyl (C=O) groups excluding carboxylic acids is 1. The number of carboxylic acids is 1. The second kappa shape index (κ2) is 5.90. The first-order valence-electron chi connectivity index (χ1n) is 6.52. The van der Waals surface area contributed by atoms with Crippen molar-refractivity contribution >= 4 is 17.7 Å². The Kier molecular flexibility index (Phi) is 4.22. The molecule has 1 atom stereocenters. The highest BCUT2D eigenvalue weighted by Gasteiger charge is 2.30. The van der Waals surface area contributed by atoms with Gasteiger partial charge in [-0.1, -0.05) is 0 Å². The molecule has 108 valence electrons. The summed E-state index contributed by atoms with van der Waals surface area (Å²) in [5, 5.41) is 11.5. The van der Waals surface area contributed by atoms with Crippen molar-refractivity contribution < 1.29 is 19.1 Å². The van der Waals surface area contributed by atoms with E-state index in [0.29, 0.717) is 24.2 Å². The maximum Gasteiger partial charge on any atom is 0.322 e. The molecule has 5 nitrogen and oxygen atoms in total. The van der Waals surface area contributed by atoms with Crippen LogP contribution in [0.4, 0.5) is 14.9 Å². The van der Waals surface area contributed by atoms with Gasteiger partial charge in [-0.3, -0.25) is 4.79 Å². The predicted octanol–water partition coefficient (Wildman–Crippen LogP) is 2.61. The summed E-state index contributed by atoms with van der Waals surface area (Å²) < 4.78 is 13.3. The van der Waals surface area contributed by atoms with Crippen molar-refractivity contribution in [2.24, 2.45) is 0 Å². The number of hydrogen-bond donors (Lipinski definition) is 2. The zero-order valence-electron chi connectivity index (χ0n) is 11.2. The van der Waals surface area contributed by atoms with E-state index < -0.39 is 11.8 Å². The maximum atomic E-state index is 13.3. The Labute approximate surface area is 116 Å². The number of hydrogen-bond acceptors (Lipinski definition) is 2. The molecule has 0 bridgehead atoms. The van der Waals surface area contributed by atoms with E-state index >= 15 is 0 Å². The highest BCUT2D eigenvalue weighted by molar-refractivity contribution is 5.90. The number of urea groups is 1. The van der Waals surface area contributed by atoms with Gasteiger partial charge in [0, 0.05) is 18.3 Å². The number of carboxylic acid groups (broad SMARTS) is 1. The molecule has 1 aromatic carbocycles. The minimum Gasteiger partial charge on any atom is -0.481 e. The third-order valence-electron chi connectivity index (χ3n) is 3.34. The minimum absolute atomic E-state index is 0.0599. The van der Waals surface area contributed by atoms with E-state index in [9.17, 15) is 14.0 Å². The fourth-order valence-corrected chi connectivity index (χ4v) is 2.52. The molecule has 0 saturated carbocycles. The van der Waals surface area contributed by atoms with E-state index in [1.165, 1.54) is 17.0 Å². The first kappa shape index (κ1) is 14.3. The molecule has 1 aliphatic rings. The second-order valence-corrected chi connectivity index (χ2v) is 5.03. The Morgan fingerprint density at radius 3 is 2.85 bits per heavy atom. The first-order chi connectivity index (χ1) is 9.45. The van der Waals surface area contributed by atoms with Gasteiger partial charge in [-0.15, -0.1) is 0 Å². The van der Waals surface area contributed by atoms with E-state index in [-0.39, 0.29) is 18.5 Å². The van der Waals surface area contributed by atoms with Crippen LogP contribution in [0.2, 0.25) is 0 Å². The molecule has 0 spiro atoms. The van der Waals surface area contributed by atoms with Crippen molar-refractivity contribution in [2.45, 2.75) is 32.2 Å². The van der Waals surface area contributed by atoms with Gasteiger partial charge in [-0.2, -0.15) is 0 Å². The molecule has 2 N–H and O–H groups in total. The van der Waals surface area contributed by atoms with E-state index in [1.54, 1.807) is 13.0 Å². The average molecular weight is 280 g/mol. The van der Waals surface area contributed by atoms with Gasteiger partial charge >= 0.3 is 12.0 Å². The SMILES string of the molecule is Cc1cc(F)cc(NC(=O)N2CCCC2CC(=O)O)c1. The van der Waals surface area contributed by atoms with Crippen LogP contribution in [0, 0.1) is 12.7 Å². The molecule has 0 aromatic heterocycles. The zero-order chi connectivity index (χ0) is 14.7. The molecule has 1 unspecified atom stereocenters. The largest absolute Gasteiger partial charge is 0.481 e. The summed E-state index contributed by atoms with van der Waals surface area (Å²) in [5.41, 5.74) is 1.09. The molecular formula is C14H17FN2O3. The number of carbonyl (C=O) groups is 2. The summed E-state index contributed by atoms with van der Waals surface area (Å²) in [6.45, 7) is 2.26. The molecule has 1 fully saturated rings. The van der Waals surface area contributed by atoms with Crippen LogP contribution in [0.1, 0.15) is 24.8 Å². The standard InChI is InChI=1S/C14H17FN2O3/c1-9-5-10(15)7-11(6-9)16-14(20)17-4-2-3-12(17)8-13(18)19/h5-7,12H,2-4,8H2,1H3,(H,16,20)(H,18,19). The van der Waals surface area contributed by atoms with Gasteiger partial charge in [-0.05, 0) is 43.5 Å². The Bertz CT molecular complexity index is 513. The smallest absolute Gasteiger partial charge is 0.322 e. The van der Waals surface area contributed by atoms with Gasteiger partial charge in [0.1, 0.15) is 5.82 Å². The zero-order valence-corrected chi connectivity index (χ0v) is 11.2. The molecule has 20 heavy (non-hydrogen) atoms. The Hall–Kier alpha value is -2.11. The quantitative estimate of drug-likeness (QED) is 0.894. The normalized spacial score (nSPS) is 18.1. The van der Waals surface area contributed by atoms with E-state index in [1.807, 2.05) is 0 Å². The fourth-order valence-electron chi connectivity index (χ4n) is 2.52. The van der Waals surface area contributed by atoms with Crippen LogP contribution in [0.15, 0.2) is 18.2 Å². The lowest BCUT2D eigenvalue weighted by atomic mass is 10.1. The summed E-state index contributed by atoms with van der Waals surface area (Å²) in [5.74, 6) is -1.33. The van der Waals surface area contributed by atoms with Gasteiger partial charge in [-0.25, -0.2) is 9.18 Å². The number of aryl methyl sites for hydroxylation is 1. The third-order valence-corrected chi connectivity index (χ3v) is 3.34. The third kappa shape index (κ3) is 3.46. The van der Waals surface area contributed by atoms with Gasteiger partial charge in [0.15, 0.2) is 0 Å². The number of rotatable bonds is 3. The number of amides is 2. The lowest BCUT2D eigenvalue weighted by molar-refractivity contribution is -0.137. The Balaban J connectivity index is 2.05. The summed E-state index contributed by atoms with van der Waals surface area (Å²) >= 11 is 0. The average Bonchev–Trinajstić information content (AvgIpc) is 2.74. The molecule has 1 heterocycles. The number of nitrogens with one attached hydrogen (secondary N) is 1. The summed E-state index contributed by atoms with van der Waals surface area (Å²) in [6.07, 6.45) is 1.41. The highest BCUT2D eigenvalue weighted by atomic mass is 19.1. The number of benzene rings is 1. The Morgan fingerprint density at radius 2 is 2.20 bits per heavy atom. The van der Waals surface area contributed by atoms with E-state index in [0.717, 1.165) is 6.42 Å². The topological polar surface area (TPSA) is 69.6 Å². The lowest BCUT2D eigenvalue weighted by Gasteiger charge is -2.23. The Morgan fingerprint density at radius 1 is 1.45 bits per heavy atom. The van der Waals surface area contributed by atoms with Crippen molar-refractivity contribution in [3.05, 3.63) is 29.6 Å². The summed E-state index contributed by atoms with van der Waals surface area (Å²) in [6, 6.07) is 3.62. The van der Waals surface area contributed by atoms with Crippen LogP contribution in [0.5, 0.6) is 0 Å². The lowest BCUT2D eigenvalue weighted by Crippen LogP contribution is -2.39. The molecule has 2 amide bonds. The van der Waals surface area contributed by atoms with Crippen molar-refractivity contribution in [1.82, 2.24) is 4.90 Å². The van der Waals surface area contributed by atoms with Crippen LogP contribution in [-0.4, -0.2) is 34.6 Å². The molecule has 0 aliphatic carbocycles. The molecule has 1 saturated heterocycles. The summed E-state index contributed by atoms with van der Waals surface area (Å²) in [7, 11) is 0. The van der Waals surface area contributed by atoms with Gasteiger partial charge < -0.3 is 15.3 Å². The molecule has 1 aliphatic heterocycles. The first-order valence-corrected chi connectivity index (χ1v) is 6.52. The fraction of sp³-hybridized carbons (Fsp3) is 0.429. The predicted molar refractivity (Wildman–Crippen MR) is 72.1 cm³/mol. The van der Waals surface area contributed by atoms with Crippen molar-refractivity contribution in [3.63, 3.8) is 0 Å². The van der Waals surface area contributed by atoms with E-state index in [2.05, 4.69) is 5.32 Å². The number of likely N-dealkylation sites (tertiary alicyclic amines) is 1.